The van der Waals surface area contributed by atoms with Crippen molar-refractivity contribution in [3.8, 4) is 11.5 Å². The Balaban J connectivity index is 1.81. The molecular weight excluding hydrogens is 360 g/mol. The number of esters is 2. The van der Waals surface area contributed by atoms with Crippen molar-refractivity contribution in [3.63, 3.8) is 0 Å². The van der Waals surface area contributed by atoms with Crippen molar-refractivity contribution in [1.29, 1.82) is 0 Å². The summed E-state index contributed by atoms with van der Waals surface area (Å²) in [6, 6.07) is 3.74. The second-order valence-electron chi connectivity index (χ2n) is 8.77. The highest BCUT2D eigenvalue weighted by Gasteiger charge is 2.75. The molecule has 1 aromatic carbocycles. The van der Waals surface area contributed by atoms with Crippen LogP contribution in [-0.2, 0) is 31.0 Å². The predicted octanol–water partition coefficient (Wildman–Crippen LogP) is 2.88. The molecule has 5 rings (SSSR count). The van der Waals surface area contributed by atoms with Gasteiger partial charge in [0.25, 0.3) is 0 Å². The first-order valence-corrected chi connectivity index (χ1v) is 10.0. The maximum Gasteiger partial charge on any atom is 0.308 e. The van der Waals surface area contributed by atoms with Crippen LogP contribution in [0.2, 0.25) is 0 Å². The first-order chi connectivity index (χ1) is 13.3. The molecule has 3 aliphatic carbocycles. The fourth-order valence-electron chi connectivity index (χ4n) is 6.58. The monoisotopic (exact) mass is 384 g/mol. The van der Waals surface area contributed by atoms with Crippen LogP contribution in [0.3, 0.4) is 0 Å². The van der Waals surface area contributed by atoms with Crippen molar-refractivity contribution in [2.75, 3.05) is 0 Å². The molecule has 2 fully saturated rings. The lowest BCUT2D eigenvalue weighted by molar-refractivity contribution is -0.213. The van der Waals surface area contributed by atoms with Gasteiger partial charge >= 0.3 is 11.9 Å². The van der Waals surface area contributed by atoms with Crippen molar-refractivity contribution < 1.29 is 28.6 Å². The first kappa shape index (κ1) is 17.7. The number of ether oxygens (including phenoxy) is 3. The van der Waals surface area contributed by atoms with Crippen LogP contribution in [0.5, 0.6) is 11.5 Å². The smallest absolute Gasteiger partial charge is 0.308 e. The molecule has 0 N–H and O–H groups in total. The average Bonchev–Trinajstić information content (AvgIpc) is 2.97. The maximum atomic E-state index is 13.0. The van der Waals surface area contributed by atoms with E-state index in [9.17, 15) is 14.4 Å². The molecule has 0 saturated heterocycles. The molecule has 0 radical (unpaired) electrons. The number of ketones is 1. The number of carbonyl (C=O) groups is 3. The van der Waals surface area contributed by atoms with E-state index in [4.69, 9.17) is 14.2 Å². The molecule has 0 amide bonds. The standard InChI is InChI=1S/C22H24O6/c1-11-6-8-21-18-14-4-5-17(26-12(2)23)19(18)27-20(21)16(25)7-9-22(21,15(11)10-14)28-13(3)24/h4-5,11,15,20H,6-10H2,1-3H3/t11?,15-,20-,21-,22+/m0/s1. The Morgan fingerprint density at radius 2 is 1.96 bits per heavy atom. The van der Waals surface area contributed by atoms with E-state index in [0.29, 0.717) is 30.3 Å². The van der Waals surface area contributed by atoms with Crippen molar-refractivity contribution in [3.05, 3.63) is 23.3 Å². The molecule has 148 valence electrons. The van der Waals surface area contributed by atoms with Crippen LogP contribution in [0.15, 0.2) is 12.1 Å². The summed E-state index contributed by atoms with van der Waals surface area (Å²) < 4.78 is 17.8. The number of benzene rings is 1. The van der Waals surface area contributed by atoms with Crippen molar-refractivity contribution in [2.24, 2.45) is 11.8 Å². The summed E-state index contributed by atoms with van der Waals surface area (Å²) in [5, 5.41) is 0. The van der Waals surface area contributed by atoms with Crippen LogP contribution in [0.25, 0.3) is 0 Å². The topological polar surface area (TPSA) is 78.9 Å². The van der Waals surface area contributed by atoms with Gasteiger partial charge < -0.3 is 14.2 Å². The Bertz CT molecular complexity index is 920. The number of carbonyl (C=O) groups excluding carboxylic acids is 3. The zero-order chi connectivity index (χ0) is 19.8. The van der Waals surface area contributed by atoms with E-state index in [1.807, 2.05) is 6.07 Å². The minimum absolute atomic E-state index is 0.0360. The molecule has 1 unspecified atom stereocenters. The Hall–Kier alpha value is -2.37. The second-order valence-corrected chi connectivity index (χ2v) is 8.77. The lowest BCUT2D eigenvalue weighted by Crippen LogP contribution is -2.72. The zero-order valence-electron chi connectivity index (χ0n) is 16.4. The lowest BCUT2D eigenvalue weighted by atomic mass is 9.43. The van der Waals surface area contributed by atoms with E-state index in [-0.39, 0.29) is 17.7 Å². The molecule has 4 aliphatic rings. The normalized spacial score (nSPS) is 37.0. The van der Waals surface area contributed by atoms with Crippen molar-refractivity contribution in [1.82, 2.24) is 0 Å². The SMILES string of the molecule is CC(=O)Oc1ccc2c3c1O[C@H]1C(=O)CC[C@@]4(OC(C)=O)[C@@H](C2)C(C)CC[C@]314. The van der Waals surface area contributed by atoms with Crippen molar-refractivity contribution in [2.45, 2.75) is 70.0 Å². The first-order valence-electron chi connectivity index (χ1n) is 10.0. The van der Waals surface area contributed by atoms with E-state index in [1.54, 1.807) is 6.07 Å². The average molecular weight is 384 g/mol. The molecule has 2 saturated carbocycles. The number of hydrogen-bond donors (Lipinski definition) is 0. The maximum absolute atomic E-state index is 13.0. The lowest BCUT2D eigenvalue weighted by Gasteiger charge is -2.62. The molecule has 1 aromatic rings. The highest BCUT2D eigenvalue weighted by molar-refractivity contribution is 5.90. The summed E-state index contributed by atoms with van der Waals surface area (Å²) in [5.74, 6) is 0.630. The molecular formula is C22H24O6. The molecule has 1 spiro atoms. The second kappa shape index (κ2) is 5.58. The van der Waals surface area contributed by atoms with Crippen LogP contribution >= 0.6 is 0 Å². The number of hydrogen-bond acceptors (Lipinski definition) is 6. The quantitative estimate of drug-likeness (QED) is 0.576. The minimum Gasteiger partial charge on any atom is -0.477 e. The van der Waals surface area contributed by atoms with Gasteiger partial charge in [-0.25, -0.2) is 0 Å². The van der Waals surface area contributed by atoms with E-state index in [1.165, 1.54) is 13.8 Å². The highest BCUT2D eigenvalue weighted by atomic mass is 16.6. The van der Waals surface area contributed by atoms with Gasteiger partial charge in [0.05, 0.1) is 5.41 Å². The Kier molecular flexibility index (Phi) is 3.53. The van der Waals surface area contributed by atoms with E-state index in [2.05, 4.69) is 6.92 Å². The number of rotatable bonds is 2. The van der Waals surface area contributed by atoms with E-state index in [0.717, 1.165) is 30.4 Å². The summed E-state index contributed by atoms with van der Waals surface area (Å²) in [6.45, 7) is 5.00. The Morgan fingerprint density at radius 3 is 2.68 bits per heavy atom. The van der Waals surface area contributed by atoms with E-state index >= 15 is 0 Å². The van der Waals surface area contributed by atoms with Gasteiger partial charge in [0.2, 0.25) is 0 Å². The van der Waals surface area contributed by atoms with Gasteiger partial charge in [-0.2, -0.15) is 0 Å². The molecule has 2 bridgehead atoms. The fourth-order valence-corrected chi connectivity index (χ4v) is 6.58. The Morgan fingerprint density at radius 1 is 1.18 bits per heavy atom. The third kappa shape index (κ3) is 1.96. The third-order valence-electron chi connectivity index (χ3n) is 7.43. The number of Topliss-reactive ketones (excluding diaryl/α,β-unsaturated/α-hetero) is 1. The van der Waals surface area contributed by atoms with Crippen LogP contribution < -0.4 is 9.47 Å². The van der Waals surface area contributed by atoms with Gasteiger partial charge in [0, 0.05) is 31.7 Å². The van der Waals surface area contributed by atoms with Gasteiger partial charge in [-0.05, 0) is 43.2 Å². The molecule has 0 aromatic heterocycles. The molecule has 1 heterocycles. The Labute approximate surface area is 163 Å². The highest BCUT2D eigenvalue weighted by Crippen LogP contribution is 2.69. The summed E-state index contributed by atoms with van der Waals surface area (Å²) in [7, 11) is 0. The molecule has 6 heteroatoms. The van der Waals surface area contributed by atoms with Crippen LogP contribution in [0.1, 0.15) is 57.6 Å². The molecule has 1 aliphatic heterocycles. The summed E-state index contributed by atoms with van der Waals surface area (Å²) in [4.78, 5) is 36.8. The third-order valence-corrected chi connectivity index (χ3v) is 7.43. The predicted molar refractivity (Wildman–Crippen MR) is 98.2 cm³/mol. The minimum atomic E-state index is -0.748. The van der Waals surface area contributed by atoms with Gasteiger partial charge in [-0.15, -0.1) is 0 Å². The summed E-state index contributed by atoms with van der Waals surface area (Å²) in [5.41, 5.74) is 0.600. The largest absolute Gasteiger partial charge is 0.477 e. The van der Waals surface area contributed by atoms with Gasteiger partial charge in [0.1, 0.15) is 5.60 Å². The summed E-state index contributed by atoms with van der Waals surface area (Å²) in [6.07, 6.45) is 2.59. The zero-order valence-corrected chi connectivity index (χ0v) is 16.4. The fraction of sp³-hybridized carbons (Fsp3) is 0.591. The van der Waals surface area contributed by atoms with Crippen LogP contribution in [0, 0.1) is 11.8 Å². The molecule has 28 heavy (non-hydrogen) atoms. The molecule has 6 nitrogen and oxygen atoms in total. The molecule has 5 atom stereocenters. The van der Waals surface area contributed by atoms with Crippen LogP contribution in [0.4, 0.5) is 0 Å². The van der Waals surface area contributed by atoms with Crippen molar-refractivity contribution >= 4 is 17.7 Å². The van der Waals surface area contributed by atoms with Gasteiger partial charge in [-0.3, -0.25) is 14.4 Å². The van der Waals surface area contributed by atoms with Gasteiger partial charge in [-0.1, -0.05) is 13.0 Å². The van der Waals surface area contributed by atoms with Crippen LogP contribution in [-0.4, -0.2) is 29.4 Å². The summed E-state index contributed by atoms with van der Waals surface area (Å²) >= 11 is 0. The van der Waals surface area contributed by atoms with Gasteiger partial charge in [0.15, 0.2) is 23.4 Å². The van der Waals surface area contributed by atoms with E-state index < -0.39 is 23.1 Å².